The number of nitrogens with one attached hydrogen (secondary N) is 1. The van der Waals surface area contributed by atoms with Gasteiger partial charge in [-0.15, -0.1) is 0 Å². The molecule has 0 bridgehead atoms. The molecule has 0 saturated heterocycles. The maximum absolute atomic E-state index is 12.8. The summed E-state index contributed by atoms with van der Waals surface area (Å²) in [5.41, 5.74) is -0.393. The van der Waals surface area contributed by atoms with Crippen molar-refractivity contribution in [3.63, 3.8) is 0 Å². The fourth-order valence-electron chi connectivity index (χ4n) is 2.96. The lowest BCUT2D eigenvalue weighted by atomic mass is 10.2. The minimum atomic E-state index is -4.66. The number of rotatable bonds is 6. The summed E-state index contributed by atoms with van der Waals surface area (Å²) < 4.78 is 95.6. The van der Waals surface area contributed by atoms with Crippen molar-refractivity contribution >= 4 is 58.7 Å². The van der Waals surface area contributed by atoms with E-state index in [0.717, 1.165) is 23.7 Å². The van der Waals surface area contributed by atoms with E-state index in [-0.39, 0.29) is 15.8 Å². The molecule has 1 aromatic heterocycles. The molecule has 4 aromatic rings. The first kappa shape index (κ1) is 25.2. The largest absolute Gasteiger partial charge is 0.431 e. The van der Waals surface area contributed by atoms with E-state index in [2.05, 4.69) is 9.71 Å². The average molecular weight is 563 g/mol. The van der Waals surface area contributed by atoms with Crippen LogP contribution in [0.3, 0.4) is 0 Å². The highest BCUT2D eigenvalue weighted by molar-refractivity contribution is 7.92. The molecule has 1 N–H and O–H groups in total. The first-order chi connectivity index (χ1) is 16.2. The maximum Gasteiger partial charge on any atom is 0.416 e. The number of aromatic nitrogens is 1. The second-order valence-electron chi connectivity index (χ2n) is 7.26. The van der Waals surface area contributed by atoms with Crippen molar-refractivity contribution in [1.29, 1.82) is 0 Å². The highest BCUT2D eigenvalue weighted by Crippen LogP contribution is 2.35. The number of ether oxygens (including phenoxy) is 1. The molecule has 0 radical (unpaired) electrons. The van der Waals surface area contributed by atoms with Crippen LogP contribution in [0.2, 0.25) is 5.02 Å². The van der Waals surface area contributed by atoms with Gasteiger partial charge < -0.3 is 4.74 Å². The molecule has 0 aliphatic heterocycles. The Bertz CT molecular complexity index is 1640. The number of fused-ring (bicyclic) bond motifs is 1. The van der Waals surface area contributed by atoms with Gasteiger partial charge in [-0.1, -0.05) is 22.9 Å². The summed E-state index contributed by atoms with van der Waals surface area (Å²) in [6, 6.07) is 12.2. The quantitative estimate of drug-likeness (QED) is 0.311. The Balaban J connectivity index is 1.50. The number of sulfonamides is 1. The normalized spacial score (nSPS) is 12.6. The van der Waals surface area contributed by atoms with Gasteiger partial charge in [-0.25, -0.2) is 21.8 Å². The minimum Gasteiger partial charge on any atom is -0.431 e. The number of alkyl halides is 3. The van der Waals surface area contributed by atoms with E-state index in [1.165, 1.54) is 36.4 Å². The average Bonchev–Trinajstić information content (AvgIpc) is 3.15. The van der Waals surface area contributed by atoms with Gasteiger partial charge in [-0.05, 0) is 60.7 Å². The Labute approximate surface area is 207 Å². The van der Waals surface area contributed by atoms with Crippen LogP contribution in [0.4, 0.5) is 18.9 Å². The Morgan fingerprint density at radius 1 is 0.971 bits per heavy atom. The molecule has 0 spiro atoms. The molecule has 7 nitrogen and oxygen atoms in total. The van der Waals surface area contributed by atoms with E-state index in [0.29, 0.717) is 28.1 Å². The van der Waals surface area contributed by atoms with Crippen molar-refractivity contribution in [1.82, 2.24) is 4.98 Å². The van der Waals surface area contributed by atoms with Crippen molar-refractivity contribution in [2.45, 2.75) is 16.0 Å². The van der Waals surface area contributed by atoms with Crippen LogP contribution in [0, 0.1) is 0 Å². The van der Waals surface area contributed by atoms with Crippen molar-refractivity contribution in [3.8, 4) is 10.9 Å². The van der Waals surface area contributed by atoms with Gasteiger partial charge in [0.25, 0.3) is 15.2 Å². The molecule has 0 aliphatic carbocycles. The zero-order valence-electron chi connectivity index (χ0n) is 17.5. The molecule has 1 heterocycles. The highest BCUT2D eigenvalue weighted by Gasteiger charge is 2.32. The molecule has 0 unspecified atom stereocenters. The van der Waals surface area contributed by atoms with Gasteiger partial charge in [0.1, 0.15) is 10.6 Å². The molecular formula is C21H14ClF3N2O5S3. The number of thiazole rings is 1. The third-order valence-electron chi connectivity index (χ3n) is 4.63. The lowest BCUT2D eigenvalue weighted by Gasteiger charge is -2.12. The minimum absolute atomic E-state index is 0.121. The van der Waals surface area contributed by atoms with Gasteiger partial charge in [0, 0.05) is 11.9 Å². The predicted molar refractivity (Wildman–Crippen MR) is 127 cm³/mol. The summed E-state index contributed by atoms with van der Waals surface area (Å²) in [7, 11) is -7.63. The van der Waals surface area contributed by atoms with Crippen LogP contribution in [0.5, 0.6) is 10.9 Å². The van der Waals surface area contributed by atoms with E-state index < -0.39 is 41.5 Å². The fourth-order valence-corrected chi connectivity index (χ4v) is 6.16. The second-order valence-corrected chi connectivity index (χ2v) is 12.3. The first-order valence-electron chi connectivity index (χ1n) is 9.50. The van der Waals surface area contributed by atoms with Crippen LogP contribution in [0.15, 0.2) is 70.5 Å². The standard InChI is InChI=1S/C21H14ClF3N2O5S3/c1-34(28,29)15-7-8-17-18(11-15)33-20(26-17)32-14-5-3-13(4-6-14)27-35(30,31)19-9-2-12(10-16(19)22)21(23,24)25/h2-11,27H,1H3. The summed E-state index contributed by atoms with van der Waals surface area (Å²) in [6.45, 7) is 0. The fraction of sp³-hybridized carbons (Fsp3) is 0.0952. The van der Waals surface area contributed by atoms with Crippen LogP contribution >= 0.6 is 22.9 Å². The van der Waals surface area contributed by atoms with E-state index >= 15 is 0 Å². The number of nitrogens with zero attached hydrogens (tertiary/aromatic N) is 1. The molecular weight excluding hydrogens is 549 g/mol. The van der Waals surface area contributed by atoms with Gasteiger partial charge in [-0.2, -0.15) is 13.2 Å². The van der Waals surface area contributed by atoms with Gasteiger partial charge >= 0.3 is 6.18 Å². The number of anilines is 1. The molecule has 14 heteroatoms. The number of halogens is 4. The van der Waals surface area contributed by atoms with Gasteiger partial charge in [-0.3, -0.25) is 4.72 Å². The van der Waals surface area contributed by atoms with Crippen molar-refractivity contribution in [2.75, 3.05) is 11.0 Å². The maximum atomic E-state index is 12.8. The second kappa shape index (κ2) is 8.97. The molecule has 0 aliphatic rings. The lowest BCUT2D eigenvalue weighted by molar-refractivity contribution is -0.137. The van der Waals surface area contributed by atoms with E-state index in [9.17, 15) is 30.0 Å². The molecule has 4 rings (SSSR count). The predicted octanol–water partition coefficient (Wildman–Crippen LogP) is 5.97. The van der Waals surface area contributed by atoms with Crippen LogP contribution in [-0.2, 0) is 26.0 Å². The van der Waals surface area contributed by atoms with Crippen molar-refractivity contribution in [3.05, 3.63) is 71.2 Å². The number of benzene rings is 3. The molecule has 0 atom stereocenters. The van der Waals surface area contributed by atoms with E-state index in [4.69, 9.17) is 16.3 Å². The number of sulfone groups is 1. The Morgan fingerprint density at radius 3 is 2.26 bits per heavy atom. The van der Waals surface area contributed by atoms with Crippen LogP contribution in [-0.4, -0.2) is 28.1 Å². The Morgan fingerprint density at radius 2 is 1.66 bits per heavy atom. The molecule has 0 fully saturated rings. The van der Waals surface area contributed by atoms with Crippen LogP contribution in [0.25, 0.3) is 10.2 Å². The first-order valence-corrected chi connectivity index (χ1v) is 14.1. The summed E-state index contributed by atoms with van der Waals surface area (Å²) in [5.74, 6) is 0.322. The Hall–Kier alpha value is -2.87. The summed E-state index contributed by atoms with van der Waals surface area (Å²) >= 11 is 6.93. The molecule has 35 heavy (non-hydrogen) atoms. The molecule has 0 saturated carbocycles. The zero-order chi connectivity index (χ0) is 25.6. The molecule has 0 amide bonds. The third kappa shape index (κ3) is 5.69. The smallest absolute Gasteiger partial charge is 0.416 e. The summed E-state index contributed by atoms with van der Waals surface area (Å²) in [6.07, 6.45) is -3.55. The van der Waals surface area contributed by atoms with Crippen molar-refractivity contribution < 1.29 is 34.7 Å². The van der Waals surface area contributed by atoms with Crippen LogP contribution in [0.1, 0.15) is 5.56 Å². The van der Waals surface area contributed by atoms with E-state index in [1.54, 1.807) is 6.07 Å². The van der Waals surface area contributed by atoms with Gasteiger partial charge in [0.15, 0.2) is 9.84 Å². The van der Waals surface area contributed by atoms with Crippen LogP contribution < -0.4 is 9.46 Å². The van der Waals surface area contributed by atoms with Gasteiger partial charge in [0.2, 0.25) is 0 Å². The topological polar surface area (TPSA) is 102 Å². The summed E-state index contributed by atoms with van der Waals surface area (Å²) in [4.78, 5) is 3.94. The van der Waals surface area contributed by atoms with Gasteiger partial charge in [0.05, 0.1) is 25.7 Å². The third-order valence-corrected chi connectivity index (χ3v) is 8.50. The molecule has 3 aromatic carbocycles. The number of hydrogen-bond donors (Lipinski definition) is 1. The summed E-state index contributed by atoms with van der Waals surface area (Å²) in [5, 5.41) is -0.322. The molecule has 184 valence electrons. The lowest BCUT2D eigenvalue weighted by Crippen LogP contribution is -2.14. The van der Waals surface area contributed by atoms with E-state index in [1.807, 2.05) is 0 Å². The highest BCUT2D eigenvalue weighted by atomic mass is 35.5. The van der Waals surface area contributed by atoms with Crippen molar-refractivity contribution in [2.24, 2.45) is 0 Å². The monoisotopic (exact) mass is 562 g/mol. The number of hydrogen-bond acceptors (Lipinski definition) is 7. The Kier molecular flexibility index (Phi) is 6.47. The SMILES string of the molecule is CS(=O)(=O)c1ccc2nc(Oc3ccc(NS(=O)(=O)c4ccc(C(F)(F)F)cc4Cl)cc3)sc2c1. The zero-order valence-corrected chi connectivity index (χ0v) is 20.7.